The minimum atomic E-state index is -3.92. The molecule has 1 atom stereocenters. The highest BCUT2D eigenvalue weighted by molar-refractivity contribution is 7.93. The predicted octanol–water partition coefficient (Wildman–Crippen LogP) is 3.39. The Morgan fingerprint density at radius 1 is 0.857 bits per heavy atom. The summed E-state index contributed by atoms with van der Waals surface area (Å²) >= 11 is -2.49. The molecule has 3 aromatic carbocycles. The third-order valence-corrected chi connectivity index (χ3v) is 6.03. The van der Waals surface area contributed by atoms with Crippen LogP contribution in [0.15, 0.2) is 77.8 Å². The van der Waals surface area contributed by atoms with Crippen LogP contribution in [-0.4, -0.2) is 22.2 Å². The molecule has 0 fully saturated rings. The molecule has 0 saturated carbocycles. The summed E-state index contributed by atoms with van der Waals surface area (Å²) in [5, 5.41) is 1.85. The van der Waals surface area contributed by atoms with E-state index in [0.29, 0.717) is 33.1 Å². The molecule has 28 heavy (non-hydrogen) atoms. The van der Waals surface area contributed by atoms with Gasteiger partial charge in [0.25, 0.3) is 10.0 Å². The maximum absolute atomic E-state index is 13.1. The summed E-state index contributed by atoms with van der Waals surface area (Å²) < 4.78 is 53.0. The highest BCUT2D eigenvalue weighted by Crippen LogP contribution is 2.32. The lowest BCUT2D eigenvalue weighted by atomic mass is 10.1. The molecule has 4 rings (SSSR count). The van der Waals surface area contributed by atoms with E-state index in [0.717, 1.165) is 0 Å². The monoisotopic (exact) mass is 412 g/mol. The second-order valence-corrected chi connectivity index (χ2v) is 8.30. The zero-order valence-corrected chi connectivity index (χ0v) is 16.0. The fraction of sp³-hybridized carbons (Fsp3) is 0. The molecule has 0 aliphatic heterocycles. The molecule has 2 N–H and O–H groups in total. The van der Waals surface area contributed by atoms with Crippen molar-refractivity contribution in [3.05, 3.63) is 72.9 Å². The number of anilines is 2. The van der Waals surface area contributed by atoms with Crippen LogP contribution in [0.2, 0.25) is 0 Å². The lowest BCUT2D eigenvalue weighted by Gasteiger charge is -2.16. The Balaban J connectivity index is 1.82. The minimum absolute atomic E-state index is 0.0672. The highest BCUT2D eigenvalue weighted by atomic mass is 32.2. The van der Waals surface area contributed by atoms with E-state index in [-0.39, 0.29) is 4.90 Å². The van der Waals surface area contributed by atoms with Crippen LogP contribution in [0.1, 0.15) is 0 Å². The molecule has 7 nitrogen and oxygen atoms in total. The Bertz CT molecular complexity index is 1320. The summed E-state index contributed by atoms with van der Waals surface area (Å²) in [5.41, 5.74) is 1.08. The molecule has 0 saturated heterocycles. The van der Waals surface area contributed by atoms with Gasteiger partial charge in [0.15, 0.2) is 0 Å². The van der Waals surface area contributed by atoms with Crippen LogP contribution in [-0.2, 0) is 21.3 Å². The number of nitrogens with one attached hydrogen (secondary N) is 2. The summed E-state index contributed by atoms with van der Waals surface area (Å²) in [7, 11) is -3.92. The van der Waals surface area contributed by atoms with Gasteiger partial charge in [-0.3, -0.25) is 13.9 Å². The minimum Gasteiger partial charge on any atom is -0.755 e. The van der Waals surface area contributed by atoms with Crippen molar-refractivity contribution < 1.29 is 17.2 Å². The van der Waals surface area contributed by atoms with E-state index < -0.39 is 21.3 Å². The molecule has 9 heteroatoms. The number of benzene rings is 3. The summed E-state index contributed by atoms with van der Waals surface area (Å²) in [4.78, 5) is 4.27. The van der Waals surface area contributed by atoms with Gasteiger partial charge in [-0.05, 0) is 24.3 Å². The molecular weight excluding hydrogens is 398 g/mol. The number of nitrogens with zero attached hydrogens (tertiary/aromatic N) is 1. The van der Waals surface area contributed by atoms with Crippen LogP contribution in [0.3, 0.4) is 0 Å². The quantitative estimate of drug-likeness (QED) is 0.488. The van der Waals surface area contributed by atoms with Gasteiger partial charge in [-0.2, -0.15) is 0 Å². The molecule has 0 radical (unpaired) electrons. The second kappa shape index (κ2) is 7.19. The van der Waals surface area contributed by atoms with Crippen molar-refractivity contribution in [1.82, 2.24) is 4.98 Å². The van der Waals surface area contributed by atoms with Crippen LogP contribution in [0, 0.1) is 0 Å². The molecule has 0 amide bonds. The number of hydrogen-bond acceptors (Lipinski definition) is 5. The molecule has 0 aliphatic rings. The van der Waals surface area contributed by atoms with Crippen LogP contribution in [0.4, 0.5) is 11.4 Å². The summed E-state index contributed by atoms with van der Waals surface area (Å²) in [6.07, 6.45) is 1.54. The summed E-state index contributed by atoms with van der Waals surface area (Å²) in [6.45, 7) is 0. The first kappa shape index (κ1) is 18.4. The second-order valence-electron chi connectivity index (χ2n) is 5.98. The van der Waals surface area contributed by atoms with E-state index in [1.807, 2.05) is 0 Å². The molecule has 0 bridgehead atoms. The molecule has 1 aromatic heterocycles. The van der Waals surface area contributed by atoms with Crippen molar-refractivity contribution in [2.45, 2.75) is 4.90 Å². The first-order valence-electron chi connectivity index (χ1n) is 8.20. The molecule has 1 heterocycles. The smallest absolute Gasteiger partial charge is 0.264 e. The van der Waals surface area contributed by atoms with Crippen LogP contribution >= 0.6 is 0 Å². The van der Waals surface area contributed by atoms with E-state index in [1.54, 1.807) is 54.7 Å². The number of hydrogen-bond donors (Lipinski definition) is 2. The zero-order chi connectivity index (χ0) is 19.7. The fourth-order valence-electron chi connectivity index (χ4n) is 3.06. The van der Waals surface area contributed by atoms with Crippen molar-refractivity contribution in [1.29, 1.82) is 0 Å². The Morgan fingerprint density at radius 2 is 1.54 bits per heavy atom. The van der Waals surface area contributed by atoms with E-state index in [4.69, 9.17) is 0 Å². The van der Waals surface area contributed by atoms with Gasteiger partial charge in [-0.15, -0.1) is 0 Å². The maximum atomic E-state index is 13.1. The van der Waals surface area contributed by atoms with Gasteiger partial charge in [0, 0.05) is 33.6 Å². The number of para-hydroxylation sites is 1. The SMILES string of the molecule is O=S([O-])Nc1ccc(NS(=O)(=O)c2cccc3cccnc23)c2ccccc12. The van der Waals surface area contributed by atoms with Crippen LogP contribution < -0.4 is 9.44 Å². The first-order valence-corrected chi connectivity index (χ1v) is 10.8. The van der Waals surface area contributed by atoms with Crippen LogP contribution in [0.5, 0.6) is 0 Å². The average molecular weight is 412 g/mol. The summed E-state index contributed by atoms with van der Waals surface area (Å²) in [5.74, 6) is 0. The highest BCUT2D eigenvalue weighted by Gasteiger charge is 2.19. The number of rotatable bonds is 5. The van der Waals surface area contributed by atoms with Crippen LogP contribution in [0.25, 0.3) is 21.7 Å². The molecule has 0 aliphatic carbocycles. The Labute approximate surface area is 163 Å². The Kier molecular flexibility index (Phi) is 4.71. The molecule has 142 valence electrons. The third kappa shape index (κ3) is 3.42. The van der Waals surface area contributed by atoms with Crippen molar-refractivity contribution in [3.63, 3.8) is 0 Å². The number of sulfonamides is 1. The number of fused-ring (bicyclic) bond motifs is 2. The van der Waals surface area contributed by atoms with E-state index in [2.05, 4.69) is 14.4 Å². The third-order valence-electron chi connectivity index (χ3n) is 4.25. The molecule has 4 aromatic rings. The fourth-order valence-corrected chi connectivity index (χ4v) is 4.68. The van der Waals surface area contributed by atoms with Gasteiger partial charge in [-0.1, -0.05) is 42.5 Å². The molecule has 1 unspecified atom stereocenters. The van der Waals surface area contributed by atoms with Gasteiger partial charge < -0.3 is 9.27 Å². The largest absolute Gasteiger partial charge is 0.755 e. The van der Waals surface area contributed by atoms with E-state index in [9.17, 15) is 17.2 Å². The zero-order valence-electron chi connectivity index (χ0n) is 14.3. The van der Waals surface area contributed by atoms with Gasteiger partial charge in [0.2, 0.25) is 0 Å². The van der Waals surface area contributed by atoms with Gasteiger partial charge in [-0.25, -0.2) is 8.42 Å². The standard InChI is InChI=1S/C19H15N3O4S2/c23-27(24)21-16-10-11-17(15-8-2-1-7-14(15)16)22-28(25,26)18-9-3-5-13-6-4-12-20-19(13)18/h1-12,21-22H,(H,23,24)/p-1. The summed E-state index contributed by atoms with van der Waals surface area (Å²) in [6, 6.07) is 18.4. The lowest BCUT2D eigenvalue weighted by molar-refractivity contribution is 0.542. The van der Waals surface area contributed by atoms with E-state index >= 15 is 0 Å². The van der Waals surface area contributed by atoms with Crippen molar-refractivity contribution in [3.8, 4) is 0 Å². The Morgan fingerprint density at radius 3 is 2.29 bits per heavy atom. The van der Waals surface area contributed by atoms with Gasteiger partial charge in [0.1, 0.15) is 4.90 Å². The molecular formula is C19H14N3O4S2-. The van der Waals surface area contributed by atoms with Gasteiger partial charge in [0.05, 0.1) is 16.9 Å². The average Bonchev–Trinajstić information content (AvgIpc) is 2.69. The topological polar surface area (TPSA) is 111 Å². The van der Waals surface area contributed by atoms with Gasteiger partial charge >= 0.3 is 0 Å². The number of aromatic nitrogens is 1. The number of pyridine rings is 1. The van der Waals surface area contributed by atoms with Crippen molar-refractivity contribution in [2.24, 2.45) is 0 Å². The van der Waals surface area contributed by atoms with E-state index in [1.165, 1.54) is 18.2 Å². The maximum Gasteiger partial charge on any atom is 0.264 e. The molecule has 0 spiro atoms. The van der Waals surface area contributed by atoms with Crippen molar-refractivity contribution in [2.75, 3.05) is 9.44 Å². The first-order chi connectivity index (χ1) is 13.5. The van der Waals surface area contributed by atoms with Crippen molar-refractivity contribution >= 4 is 54.3 Å². The Hall–Kier alpha value is -3.01. The lowest BCUT2D eigenvalue weighted by Crippen LogP contribution is -2.14. The normalized spacial score (nSPS) is 12.8. The predicted molar refractivity (Wildman–Crippen MR) is 109 cm³/mol.